The molecular formula is C24H28BrN3O2. The van der Waals surface area contributed by atoms with E-state index in [1.807, 2.05) is 42.5 Å². The molecule has 0 aliphatic heterocycles. The van der Waals surface area contributed by atoms with E-state index in [2.05, 4.69) is 26.1 Å². The van der Waals surface area contributed by atoms with E-state index in [-0.39, 0.29) is 29.8 Å². The zero-order valence-corrected chi connectivity index (χ0v) is 18.6. The van der Waals surface area contributed by atoms with Crippen LogP contribution in [0, 0.1) is 5.92 Å². The second-order valence-electron chi connectivity index (χ2n) is 8.44. The third kappa shape index (κ3) is 5.10. The van der Waals surface area contributed by atoms with Gasteiger partial charge in [-0.05, 0) is 84.3 Å². The van der Waals surface area contributed by atoms with Crippen molar-refractivity contribution in [2.45, 2.75) is 57.2 Å². The van der Waals surface area contributed by atoms with E-state index in [0.29, 0.717) is 12.1 Å². The number of anilines is 1. The lowest BCUT2D eigenvalue weighted by atomic mass is 9.90. The fourth-order valence-electron chi connectivity index (χ4n) is 4.15. The Morgan fingerprint density at radius 2 is 1.73 bits per heavy atom. The summed E-state index contributed by atoms with van der Waals surface area (Å²) in [5.41, 5.74) is 8.43. The first-order valence-corrected chi connectivity index (χ1v) is 11.5. The van der Waals surface area contributed by atoms with Crippen molar-refractivity contribution in [2.24, 2.45) is 11.7 Å². The number of nitrogens with two attached hydrogens (primary N) is 1. The first kappa shape index (κ1) is 21.1. The summed E-state index contributed by atoms with van der Waals surface area (Å²) in [4.78, 5) is 27.7. The first-order chi connectivity index (χ1) is 14.5. The van der Waals surface area contributed by atoms with Crippen LogP contribution in [0.2, 0.25) is 0 Å². The molecule has 0 saturated heterocycles. The fourth-order valence-corrected chi connectivity index (χ4v) is 4.62. The van der Waals surface area contributed by atoms with Crippen LogP contribution in [0.4, 0.5) is 5.69 Å². The molecule has 0 bridgehead atoms. The number of hydrogen-bond acceptors (Lipinski definition) is 3. The Balaban J connectivity index is 1.48. The summed E-state index contributed by atoms with van der Waals surface area (Å²) >= 11 is 3.43. The summed E-state index contributed by atoms with van der Waals surface area (Å²) in [5.74, 6) is 0.309. The number of nitrogens with one attached hydrogen (secondary N) is 1. The third-order valence-corrected chi connectivity index (χ3v) is 6.74. The lowest BCUT2D eigenvalue weighted by molar-refractivity contribution is -0.136. The molecule has 6 heteroatoms. The molecular weight excluding hydrogens is 442 g/mol. The summed E-state index contributed by atoms with van der Waals surface area (Å²) < 4.78 is 0.760. The Kier molecular flexibility index (Phi) is 6.54. The second-order valence-corrected chi connectivity index (χ2v) is 9.30. The third-order valence-electron chi connectivity index (χ3n) is 6.05. The molecule has 2 saturated carbocycles. The standard InChI is InChI=1S/C24H28BrN3O2/c25-22-7-2-1-6-21(22)23(29)27-19-5-3-4-16(14-19)15-28(24(30)17-8-9-17)20-12-10-18(26)11-13-20/h1-7,14,17-18,20H,8-13,15,26H2,(H,27,29). The minimum atomic E-state index is -0.160. The summed E-state index contributed by atoms with van der Waals surface area (Å²) in [7, 11) is 0. The molecule has 2 amide bonds. The zero-order chi connectivity index (χ0) is 21.1. The Bertz CT molecular complexity index is 920. The predicted molar refractivity (Wildman–Crippen MR) is 122 cm³/mol. The number of nitrogens with zero attached hydrogens (tertiary/aromatic N) is 1. The molecule has 2 aromatic carbocycles. The Hall–Kier alpha value is -2.18. The van der Waals surface area contributed by atoms with E-state index in [1.165, 1.54) is 0 Å². The normalized spacial score (nSPS) is 21.1. The van der Waals surface area contributed by atoms with Crippen molar-refractivity contribution in [2.75, 3.05) is 5.32 Å². The molecule has 2 aromatic rings. The minimum Gasteiger partial charge on any atom is -0.335 e. The monoisotopic (exact) mass is 469 g/mol. The molecule has 0 radical (unpaired) electrons. The van der Waals surface area contributed by atoms with Crippen molar-refractivity contribution in [3.8, 4) is 0 Å². The summed E-state index contributed by atoms with van der Waals surface area (Å²) in [6.45, 7) is 0.577. The van der Waals surface area contributed by atoms with E-state index in [1.54, 1.807) is 6.07 Å². The maximum absolute atomic E-state index is 13.0. The van der Waals surface area contributed by atoms with Crippen molar-refractivity contribution in [1.29, 1.82) is 0 Å². The van der Waals surface area contributed by atoms with Gasteiger partial charge in [0.05, 0.1) is 5.56 Å². The average molecular weight is 470 g/mol. The lowest BCUT2D eigenvalue weighted by Gasteiger charge is -2.36. The SMILES string of the molecule is NC1CCC(N(Cc2cccc(NC(=O)c3ccccc3Br)c2)C(=O)C2CC2)CC1. The Morgan fingerprint density at radius 1 is 1.00 bits per heavy atom. The highest BCUT2D eigenvalue weighted by atomic mass is 79.9. The van der Waals surface area contributed by atoms with Gasteiger partial charge in [0.15, 0.2) is 0 Å². The molecule has 0 heterocycles. The van der Waals surface area contributed by atoms with E-state index in [4.69, 9.17) is 5.73 Å². The quantitative estimate of drug-likeness (QED) is 0.642. The second kappa shape index (κ2) is 9.31. The van der Waals surface area contributed by atoms with Crippen molar-refractivity contribution in [3.63, 3.8) is 0 Å². The van der Waals surface area contributed by atoms with Gasteiger partial charge in [-0.2, -0.15) is 0 Å². The zero-order valence-electron chi connectivity index (χ0n) is 17.0. The molecule has 2 aliphatic carbocycles. The van der Waals surface area contributed by atoms with Crippen LogP contribution in [-0.2, 0) is 11.3 Å². The number of amides is 2. The number of carbonyl (C=O) groups is 2. The van der Waals surface area contributed by atoms with Gasteiger partial charge >= 0.3 is 0 Å². The van der Waals surface area contributed by atoms with Gasteiger partial charge in [-0.3, -0.25) is 9.59 Å². The van der Waals surface area contributed by atoms with Gasteiger partial charge in [-0.1, -0.05) is 24.3 Å². The van der Waals surface area contributed by atoms with Crippen LogP contribution in [0.25, 0.3) is 0 Å². The molecule has 158 valence electrons. The fraction of sp³-hybridized carbons (Fsp3) is 0.417. The highest BCUT2D eigenvalue weighted by molar-refractivity contribution is 9.10. The maximum Gasteiger partial charge on any atom is 0.256 e. The summed E-state index contributed by atoms with van der Waals surface area (Å²) in [5, 5.41) is 2.97. The van der Waals surface area contributed by atoms with Gasteiger partial charge in [0, 0.05) is 34.7 Å². The van der Waals surface area contributed by atoms with Gasteiger partial charge in [0.25, 0.3) is 5.91 Å². The molecule has 0 spiro atoms. The van der Waals surface area contributed by atoms with Crippen molar-refractivity contribution >= 4 is 33.4 Å². The number of benzene rings is 2. The van der Waals surface area contributed by atoms with Gasteiger partial charge in [-0.15, -0.1) is 0 Å². The van der Waals surface area contributed by atoms with E-state index < -0.39 is 0 Å². The lowest BCUT2D eigenvalue weighted by Crippen LogP contribution is -2.44. The highest BCUT2D eigenvalue weighted by Gasteiger charge is 2.37. The Labute approximate surface area is 186 Å². The largest absolute Gasteiger partial charge is 0.335 e. The van der Waals surface area contributed by atoms with Crippen molar-refractivity contribution in [3.05, 3.63) is 64.1 Å². The molecule has 2 fully saturated rings. The van der Waals surface area contributed by atoms with Crippen LogP contribution in [0.5, 0.6) is 0 Å². The smallest absolute Gasteiger partial charge is 0.256 e. The molecule has 30 heavy (non-hydrogen) atoms. The van der Waals surface area contributed by atoms with Crippen LogP contribution in [-0.4, -0.2) is 28.8 Å². The van der Waals surface area contributed by atoms with Gasteiger partial charge in [-0.25, -0.2) is 0 Å². The van der Waals surface area contributed by atoms with Crippen LogP contribution in [0.1, 0.15) is 54.4 Å². The van der Waals surface area contributed by atoms with Crippen LogP contribution < -0.4 is 11.1 Å². The van der Waals surface area contributed by atoms with Crippen LogP contribution >= 0.6 is 15.9 Å². The number of rotatable bonds is 6. The van der Waals surface area contributed by atoms with E-state index in [9.17, 15) is 9.59 Å². The van der Waals surface area contributed by atoms with Crippen molar-refractivity contribution in [1.82, 2.24) is 4.90 Å². The summed E-state index contributed by atoms with van der Waals surface area (Å²) in [6.07, 6.45) is 5.89. The predicted octanol–water partition coefficient (Wildman–Crippen LogP) is 4.71. The molecule has 4 rings (SSSR count). The van der Waals surface area contributed by atoms with E-state index in [0.717, 1.165) is 54.2 Å². The Morgan fingerprint density at radius 3 is 2.43 bits per heavy atom. The molecule has 3 N–H and O–H groups in total. The average Bonchev–Trinajstić information content (AvgIpc) is 3.58. The van der Waals surface area contributed by atoms with Crippen LogP contribution in [0.3, 0.4) is 0 Å². The molecule has 2 aliphatic rings. The van der Waals surface area contributed by atoms with Crippen molar-refractivity contribution < 1.29 is 9.59 Å². The minimum absolute atomic E-state index is 0.160. The maximum atomic E-state index is 13.0. The number of hydrogen-bond donors (Lipinski definition) is 2. The van der Waals surface area contributed by atoms with Gasteiger partial charge in [0.2, 0.25) is 5.91 Å². The number of carbonyl (C=O) groups excluding carboxylic acids is 2. The number of halogens is 1. The highest BCUT2D eigenvalue weighted by Crippen LogP contribution is 2.34. The molecule has 0 aromatic heterocycles. The molecule has 0 unspecified atom stereocenters. The van der Waals surface area contributed by atoms with Gasteiger partial charge in [0.1, 0.15) is 0 Å². The van der Waals surface area contributed by atoms with E-state index >= 15 is 0 Å². The first-order valence-electron chi connectivity index (χ1n) is 10.7. The summed E-state index contributed by atoms with van der Waals surface area (Å²) in [6, 6.07) is 15.7. The molecule has 0 atom stereocenters. The topological polar surface area (TPSA) is 75.4 Å². The molecule has 5 nitrogen and oxygen atoms in total. The van der Waals surface area contributed by atoms with Crippen LogP contribution in [0.15, 0.2) is 53.0 Å². The van der Waals surface area contributed by atoms with Gasteiger partial charge < -0.3 is 16.0 Å².